The third-order valence-corrected chi connectivity index (χ3v) is 5.16. The molecule has 1 aliphatic rings. The minimum absolute atomic E-state index is 0.0106. The number of hydrogen-bond acceptors (Lipinski definition) is 6. The van der Waals surface area contributed by atoms with E-state index < -0.39 is 23.3 Å². The molecular formula is C21H28O7. The molecule has 0 bridgehead atoms. The first-order chi connectivity index (χ1) is 13.5. The van der Waals surface area contributed by atoms with E-state index in [-0.39, 0.29) is 25.4 Å². The van der Waals surface area contributed by atoms with Gasteiger partial charge < -0.3 is 19.3 Å². The highest BCUT2D eigenvalue weighted by Crippen LogP contribution is 2.44. The molecule has 0 radical (unpaired) electrons. The maximum Gasteiger partial charge on any atom is 0.312 e. The number of carboxylic acid groups (broad SMARTS) is 1. The molecule has 1 fully saturated rings. The molecule has 154 valence electrons. The zero-order valence-corrected chi connectivity index (χ0v) is 16.2. The molecule has 0 spiro atoms. The molecule has 1 N–H and O–H groups in total. The van der Waals surface area contributed by atoms with Gasteiger partial charge in [0.05, 0.1) is 31.2 Å². The van der Waals surface area contributed by atoms with Crippen LogP contribution in [0.3, 0.4) is 0 Å². The average Bonchev–Trinajstić information content (AvgIpc) is 3.18. The summed E-state index contributed by atoms with van der Waals surface area (Å²) in [7, 11) is 1.54. The monoisotopic (exact) mass is 392 g/mol. The second-order valence-electron chi connectivity index (χ2n) is 7.16. The van der Waals surface area contributed by atoms with E-state index in [1.54, 1.807) is 30.3 Å². The van der Waals surface area contributed by atoms with Crippen LogP contribution >= 0.6 is 0 Å². The largest absolute Gasteiger partial charge is 0.481 e. The van der Waals surface area contributed by atoms with Gasteiger partial charge in [-0.2, -0.15) is 0 Å². The molecule has 1 aromatic rings. The normalized spacial score (nSPS) is 16.5. The molecule has 0 aliphatic heterocycles. The Bertz CT molecular complexity index is 650. The van der Waals surface area contributed by atoms with E-state index in [2.05, 4.69) is 0 Å². The van der Waals surface area contributed by atoms with Crippen LogP contribution in [0.5, 0.6) is 0 Å². The quantitative estimate of drug-likeness (QED) is 0.332. The van der Waals surface area contributed by atoms with Crippen molar-refractivity contribution in [2.45, 2.75) is 32.1 Å². The van der Waals surface area contributed by atoms with Gasteiger partial charge in [-0.15, -0.1) is 0 Å². The lowest BCUT2D eigenvalue weighted by atomic mass is 9.77. The summed E-state index contributed by atoms with van der Waals surface area (Å²) in [5.41, 5.74) is -0.393. The summed E-state index contributed by atoms with van der Waals surface area (Å²) in [6.45, 7) is 0.341. The number of Topliss-reactive ketones (excluding diaryl/α,β-unsaturated/α-hetero) is 1. The van der Waals surface area contributed by atoms with Gasteiger partial charge in [0, 0.05) is 12.7 Å². The van der Waals surface area contributed by atoms with Gasteiger partial charge >= 0.3 is 11.9 Å². The van der Waals surface area contributed by atoms with Gasteiger partial charge in [-0.05, 0) is 19.3 Å². The van der Waals surface area contributed by atoms with E-state index >= 15 is 0 Å². The molecular weight excluding hydrogens is 364 g/mol. The maximum absolute atomic E-state index is 12.8. The Morgan fingerprint density at radius 2 is 1.79 bits per heavy atom. The zero-order chi connectivity index (χ0) is 20.4. The van der Waals surface area contributed by atoms with Crippen LogP contribution in [0.15, 0.2) is 30.3 Å². The number of hydrogen-bond donors (Lipinski definition) is 1. The van der Waals surface area contributed by atoms with Crippen molar-refractivity contribution in [3.8, 4) is 0 Å². The van der Waals surface area contributed by atoms with Crippen LogP contribution in [0, 0.1) is 11.3 Å². The smallest absolute Gasteiger partial charge is 0.312 e. The van der Waals surface area contributed by atoms with Crippen molar-refractivity contribution >= 4 is 17.7 Å². The Kier molecular flexibility index (Phi) is 8.60. The van der Waals surface area contributed by atoms with E-state index in [0.717, 1.165) is 12.8 Å². The molecule has 7 nitrogen and oxygen atoms in total. The maximum atomic E-state index is 12.8. The lowest BCUT2D eigenvalue weighted by molar-refractivity contribution is -0.158. The van der Waals surface area contributed by atoms with Crippen LogP contribution in [0.2, 0.25) is 0 Å². The molecule has 0 amide bonds. The van der Waals surface area contributed by atoms with E-state index in [1.807, 2.05) is 0 Å². The Labute approximate surface area is 165 Å². The number of carbonyl (C=O) groups excluding carboxylic acids is 2. The SMILES string of the molecule is COCCOCC(CC1(C(=O)OCC(=O)c2ccccc2)CCCC1)C(=O)O. The van der Waals surface area contributed by atoms with Crippen molar-refractivity contribution < 1.29 is 33.7 Å². The minimum atomic E-state index is -1.00. The highest BCUT2D eigenvalue weighted by Gasteiger charge is 2.45. The molecule has 0 aromatic heterocycles. The lowest BCUT2D eigenvalue weighted by Gasteiger charge is -2.29. The second kappa shape index (κ2) is 10.9. The number of esters is 1. The fourth-order valence-corrected chi connectivity index (χ4v) is 3.59. The predicted octanol–water partition coefficient (Wildman–Crippen LogP) is 2.73. The standard InChI is InChI=1S/C21H28O7/c1-26-11-12-27-14-17(19(23)24)13-21(9-5-6-10-21)20(25)28-15-18(22)16-7-3-2-4-8-16/h2-4,7-8,17H,5-6,9-15H2,1H3,(H,23,24). The number of methoxy groups -OCH3 is 1. The van der Waals surface area contributed by atoms with E-state index in [1.165, 1.54) is 7.11 Å². The number of ketones is 1. The number of ether oxygens (including phenoxy) is 3. The molecule has 7 heteroatoms. The van der Waals surface area contributed by atoms with Gasteiger partial charge in [0.15, 0.2) is 12.4 Å². The van der Waals surface area contributed by atoms with Crippen LogP contribution in [0.25, 0.3) is 0 Å². The van der Waals surface area contributed by atoms with Crippen molar-refractivity contribution in [1.82, 2.24) is 0 Å². The van der Waals surface area contributed by atoms with Gasteiger partial charge in [-0.3, -0.25) is 14.4 Å². The Hall–Kier alpha value is -2.25. The van der Waals surface area contributed by atoms with E-state index in [4.69, 9.17) is 14.2 Å². The fourth-order valence-electron chi connectivity index (χ4n) is 3.59. The predicted molar refractivity (Wildman–Crippen MR) is 101 cm³/mol. The van der Waals surface area contributed by atoms with Crippen LogP contribution < -0.4 is 0 Å². The molecule has 1 unspecified atom stereocenters. The van der Waals surface area contributed by atoms with Crippen molar-refractivity contribution in [1.29, 1.82) is 0 Å². The van der Waals surface area contributed by atoms with Crippen molar-refractivity contribution in [2.75, 3.05) is 33.5 Å². The first-order valence-electron chi connectivity index (χ1n) is 9.53. The number of carboxylic acids is 1. The Morgan fingerprint density at radius 1 is 1.11 bits per heavy atom. The number of rotatable bonds is 12. The number of carbonyl (C=O) groups is 3. The molecule has 1 aliphatic carbocycles. The van der Waals surface area contributed by atoms with Crippen molar-refractivity contribution in [2.24, 2.45) is 11.3 Å². The van der Waals surface area contributed by atoms with Crippen LogP contribution in [0.4, 0.5) is 0 Å². The highest BCUT2D eigenvalue weighted by atomic mass is 16.5. The molecule has 1 atom stereocenters. The fraction of sp³-hybridized carbons (Fsp3) is 0.571. The van der Waals surface area contributed by atoms with E-state index in [0.29, 0.717) is 31.6 Å². The molecule has 28 heavy (non-hydrogen) atoms. The van der Waals surface area contributed by atoms with E-state index in [9.17, 15) is 19.5 Å². The summed E-state index contributed by atoms with van der Waals surface area (Å²) < 4.78 is 15.6. The topological polar surface area (TPSA) is 99.1 Å². The first kappa shape index (κ1) is 22.0. The summed E-state index contributed by atoms with van der Waals surface area (Å²) in [5.74, 6) is -2.58. The third kappa shape index (κ3) is 6.14. The Balaban J connectivity index is 1.97. The molecule has 1 saturated carbocycles. The molecule has 1 aromatic carbocycles. The minimum Gasteiger partial charge on any atom is -0.481 e. The summed E-state index contributed by atoms with van der Waals surface area (Å²) in [6, 6.07) is 8.62. The zero-order valence-electron chi connectivity index (χ0n) is 16.2. The van der Waals surface area contributed by atoms with Gasteiger partial charge in [0.25, 0.3) is 0 Å². The van der Waals surface area contributed by atoms with Gasteiger partial charge in [0.2, 0.25) is 0 Å². The number of aliphatic carboxylic acids is 1. The van der Waals surface area contributed by atoms with Gasteiger partial charge in [-0.25, -0.2) is 0 Å². The summed E-state index contributed by atoms with van der Waals surface area (Å²) in [4.78, 5) is 36.7. The average molecular weight is 392 g/mol. The van der Waals surface area contributed by atoms with Crippen molar-refractivity contribution in [3.63, 3.8) is 0 Å². The van der Waals surface area contributed by atoms with Crippen LogP contribution in [0.1, 0.15) is 42.5 Å². The molecule has 0 saturated heterocycles. The van der Waals surface area contributed by atoms with Gasteiger partial charge in [0.1, 0.15) is 0 Å². The lowest BCUT2D eigenvalue weighted by Crippen LogP contribution is -2.37. The molecule has 0 heterocycles. The summed E-state index contributed by atoms with van der Waals surface area (Å²) in [5, 5.41) is 9.54. The number of benzene rings is 1. The van der Waals surface area contributed by atoms with Gasteiger partial charge in [-0.1, -0.05) is 43.2 Å². The first-order valence-corrected chi connectivity index (χ1v) is 9.53. The Morgan fingerprint density at radius 3 is 2.39 bits per heavy atom. The highest BCUT2D eigenvalue weighted by molar-refractivity contribution is 5.98. The third-order valence-electron chi connectivity index (χ3n) is 5.16. The van der Waals surface area contributed by atoms with Crippen molar-refractivity contribution in [3.05, 3.63) is 35.9 Å². The molecule has 2 rings (SSSR count). The van der Waals surface area contributed by atoms with Crippen LogP contribution in [-0.2, 0) is 23.8 Å². The van der Waals surface area contributed by atoms with Crippen LogP contribution in [-0.4, -0.2) is 56.4 Å². The summed E-state index contributed by atoms with van der Waals surface area (Å²) in [6.07, 6.45) is 2.94. The second-order valence-corrected chi connectivity index (χ2v) is 7.16. The summed E-state index contributed by atoms with van der Waals surface area (Å²) >= 11 is 0.